The Balaban J connectivity index is 1.70. The van der Waals surface area contributed by atoms with Crippen LogP contribution in [0.4, 0.5) is 5.95 Å². The van der Waals surface area contributed by atoms with E-state index in [0.717, 1.165) is 37.4 Å². The van der Waals surface area contributed by atoms with Gasteiger partial charge in [0.05, 0.1) is 21.3 Å². The molecule has 0 aliphatic heterocycles. The zero-order valence-corrected chi connectivity index (χ0v) is 17.2. The van der Waals surface area contributed by atoms with Crippen LogP contribution < -0.4 is 19.1 Å². The first-order valence-electron chi connectivity index (χ1n) is 9.59. The molecule has 0 amide bonds. The van der Waals surface area contributed by atoms with Crippen molar-refractivity contribution >= 4 is 5.95 Å². The first-order chi connectivity index (χ1) is 14.2. The van der Waals surface area contributed by atoms with Gasteiger partial charge in [-0.3, -0.25) is 0 Å². The lowest BCUT2D eigenvalue weighted by atomic mass is 10.1. The maximum Gasteiger partial charge on any atom is 0.228 e. The zero-order chi connectivity index (χ0) is 20.5. The Morgan fingerprint density at radius 1 is 0.690 bits per heavy atom. The molecule has 2 aromatic carbocycles. The number of anilines is 1. The van der Waals surface area contributed by atoms with E-state index in [0.29, 0.717) is 11.8 Å². The molecule has 1 aromatic heterocycles. The Morgan fingerprint density at radius 3 is 1.66 bits per heavy atom. The standard InChI is InChI=1S/C23H27N3O3/c1-27-20-8-4-18(5-9-20)13-16-26(23-24-15-12-22(25-23)29-3)17-14-19-6-10-21(28-2)11-7-19/h4-12,15H,13-14,16-17H2,1-3H3. The van der Waals surface area contributed by atoms with E-state index in [9.17, 15) is 0 Å². The third kappa shape index (κ3) is 5.85. The minimum atomic E-state index is 0.564. The summed E-state index contributed by atoms with van der Waals surface area (Å²) in [6.45, 7) is 1.60. The van der Waals surface area contributed by atoms with E-state index in [2.05, 4.69) is 39.1 Å². The molecular weight excluding hydrogens is 366 g/mol. The number of nitrogens with zero attached hydrogens (tertiary/aromatic N) is 3. The molecule has 0 unspecified atom stereocenters. The summed E-state index contributed by atoms with van der Waals surface area (Å²) in [5.41, 5.74) is 2.48. The van der Waals surface area contributed by atoms with E-state index in [4.69, 9.17) is 14.2 Å². The van der Waals surface area contributed by atoms with E-state index in [1.165, 1.54) is 11.1 Å². The maximum atomic E-state index is 5.28. The van der Waals surface area contributed by atoms with Gasteiger partial charge >= 0.3 is 0 Å². The molecule has 6 heteroatoms. The van der Waals surface area contributed by atoms with Crippen molar-refractivity contribution in [2.24, 2.45) is 0 Å². The van der Waals surface area contributed by atoms with Crippen molar-refractivity contribution in [3.63, 3.8) is 0 Å². The molecule has 0 aliphatic rings. The van der Waals surface area contributed by atoms with Crippen molar-refractivity contribution < 1.29 is 14.2 Å². The fourth-order valence-electron chi connectivity index (χ4n) is 3.02. The van der Waals surface area contributed by atoms with E-state index in [1.54, 1.807) is 33.6 Å². The van der Waals surface area contributed by atoms with Gasteiger partial charge in [0.25, 0.3) is 0 Å². The molecule has 0 N–H and O–H groups in total. The van der Waals surface area contributed by atoms with Gasteiger partial charge in [0.2, 0.25) is 11.8 Å². The summed E-state index contributed by atoms with van der Waals surface area (Å²) in [5.74, 6) is 2.96. The number of hydrogen-bond acceptors (Lipinski definition) is 6. The van der Waals surface area contributed by atoms with Crippen LogP contribution in [0.5, 0.6) is 17.4 Å². The van der Waals surface area contributed by atoms with Crippen molar-refractivity contribution in [2.45, 2.75) is 12.8 Å². The van der Waals surface area contributed by atoms with E-state index < -0.39 is 0 Å². The average Bonchev–Trinajstić information content (AvgIpc) is 2.80. The summed E-state index contributed by atoms with van der Waals surface area (Å²) in [5, 5.41) is 0. The van der Waals surface area contributed by atoms with Crippen LogP contribution in [0.3, 0.4) is 0 Å². The largest absolute Gasteiger partial charge is 0.497 e. The zero-order valence-electron chi connectivity index (χ0n) is 17.2. The second kappa shape index (κ2) is 10.3. The molecule has 0 aliphatic carbocycles. The molecule has 29 heavy (non-hydrogen) atoms. The number of aromatic nitrogens is 2. The highest BCUT2D eigenvalue weighted by Crippen LogP contribution is 2.17. The van der Waals surface area contributed by atoms with Crippen LogP contribution in [0.15, 0.2) is 60.8 Å². The molecule has 1 heterocycles. The molecular formula is C23H27N3O3. The minimum absolute atomic E-state index is 0.564. The van der Waals surface area contributed by atoms with Gasteiger partial charge in [0, 0.05) is 25.4 Å². The van der Waals surface area contributed by atoms with Crippen molar-refractivity contribution in [2.75, 3.05) is 39.3 Å². The van der Waals surface area contributed by atoms with E-state index >= 15 is 0 Å². The topological polar surface area (TPSA) is 56.7 Å². The normalized spacial score (nSPS) is 10.4. The Bertz CT molecular complexity index is 831. The monoisotopic (exact) mass is 393 g/mol. The van der Waals surface area contributed by atoms with Gasteiger partial charge in [0.15, 0.2) is 0 Å². The fraction of sp³-hybridized carbons (Fsp3) is 0.304. The summed E-state index contributed by atoms with van der Waals surface area (Å²) in [4.78, 5) is 11.2. The van der Waals surface area contributed by atoms with Crippen LogP contribution in [-0.4, -0.2) is 44.4 Å². The summed E-state index contributed by atoms with van der Waals surface area (Å²) in [6.07, 6.45) is 3.50. The molecule has 0 bridgehead atoms. The molecule has 0 spiro atoms. The van der Waals surface area contributed by atoms with E-state index in [-0.39, 0.29) is 0 Å². The van der Waals surface area contributed by atoms with Crippen molar-refractivity contribution in [3.05, 3.63) is 71.9 Å². The second-order valence-corrected chi connectivity index (χ2v) is 6.58. The summed E-state index contributed by atoms with van der Waals surface area (Å²) >= 11 is 0. The Hall–Kier alpha value is -3.28. The molecule has 3 rings (SSSR count). The third-order valence-corrected chi connectivity index (χ3v) is 4.77. The second-order valence-electron chi connectivity index (χ2n) is 6.58. The number of benzene rings is 2. The highest BCUT2D eigenvalue weighted by molar-refractivity contribution is 5.35. The molecule has 0 fully saturated rings. The minimum Gasteiger partial charge on any atom is -0.497 e. The smallest absolute Gasteiger partial charge is 0.228 e. The van der Waals surface area contributed by atoms with Crippen LogP contribution in [0.25, 0.3) is 0 Å². The highest BCUT2D eigenvalue weighted by atomic mass is 16.5. The van der Waals surface area contributed by atoms with Gasteiger partial charge in [-0.1, -0.05) is 24.3 Å². The molecule has 3 aromatic rings. The maximum absolute atomic E-state index is 5.28. The van der Waals surface area contributed by atoms with Gasteiger partial charge in [-0.2, -0.15) is 4.98 Å². The predicted molar refractivity (Wildman–Crippen MR) is 114 cm³/mol. The Kier molecular flexibility index (Phi) is 7.28. The molecule has 6 nitrogen and oxygen atoms in total. The molecule has 0 saturated heterocycles. The number of ether oxygens (including phenoxy) is 3. The lowest BCUT2D eigenvalue weighted by Gasteiger charge is -2.23. The number of rotatable bonds is 10. The first kappa shape index (κ1) is 20.5. The van der Waals surface area contributed by atoms with Gasteiger partial charge in [-0.15, -0.1) is 0 Å². The molecule has 0 saturated carbocycles. The highest BCUT2D eigenvalue weighted by Gasteiger charge is 2.12. The van der Waals surface area contributed by atoms with Gasteiger partial charge in [0.1, 0.15) is 11.5 Å². The van der Waals surface area contributed by atoms with Crippen LogP contribution in [0.1, 0.15) is 11.1 Å². The quantitative estimate of drug-likeness (QED) is 0.522. The summed E-state index contributed by atoms with van der Waals surface area (Å²) in [7, 11) is 4.97. The SMILES string of the molecule is COc1ccc(CCN(CCc2ccc(OC)cc2)c2nccc(OC)n2)cc1. The van der Waals surface area contributed by atoms with Crippen molar-refractivity contribution in [1.82, 2.24) is 9.97 Å². The first-order valence-corrected chi connectivity index (χ1v) is 9.59. The Morgan fingerprint density at radius 2 is 1.21 bits per heavy atom. The van der Waals surface area contributed by atoms with E-state index in [1.807, 2.05) is 24.3 Å². The van der Waals surface area contributed by atoms with Crippen LogP contribution in [0, 0.1) is 0 Å². The van der Waals surface area contributed by atoms with Crippen molar-refractivity contribution in [1.29, 1.82) is 0 Å². The third-order valence-electron chi connectivity index (χ3n) is 4.77. The van der Waals surface area contributed by atoms with Gasteiger partial charge in [-0.25, -0.2) is 4.98 Å². The average molecular weight is 393 g/mol. The molecule has 0 radical (unpaired) electrons. The van der Waals surface area contributed by atoms with Crippen LogP contribution in [0.2, 0.25) is 0 Å². The number of methoxy groups -OCH3 is 3. The fourth-order valence-corrected chi connectivity index (χ4v) is 3.02. The van der Waals surface area contributed by atoms with Crippen molar-refractivity contribution in [3.8, 4) is 17.4 Å². The Labute approximate surface area is 172 Å². The van der Waals surface area contributed by atoms with Crippen LogP contribution in [-0.2, 0) is 12.8 Å². The lowest BCUT2D eigenvalue weighted by molar-refractivity contribution is 0.396. The number of hydrogen-bond donors (Lipinski definition) is 0. The summed E-state index contributed by atoms with van der Waals surface area (Å²) < 4.78 is 15.8. The summed E-state index contributed by atoms with van der Waals surface area (Å²) in [6, 6.07) is 18.1. The van der Waals surface area contributed by atoms with Gasteiger partial charge in [-0.05, 0) is 48.2 Å². The predicted octanol–water partition coefficient (Wildman–Crippen LogP) is 3.79. The lowest BCUT2D eigenvalue weighted by Crippen LogP contribution is -2.30. The molecule has 152 valence electrons. The van der Waals surface area contributed by atoms with Gasteiger partial charge < -0.3 is 19.1 Å². The molecule has 0 atom stereocenters. The van der Waals surface area contributed by atoms with Crippen LogP contribution >= 0.6 is 0 Å².